The quantitative estimate of drug-likeness (QED) is 0.327. The smallest absolute Gasteiger partial charge is 0.336 e. The zero-order valence-corrected chi connectivity index (χ0v) is 21.1. The third kappa shape index (κ3) is 5.35. The molecule has 0 spiro atoms. The number of hydrogen-bond donors (Lipinski definition) is 0. The summed E-state index contributed by atoms with van der Waals surface area (Å²) in [5.41, 5.74) is 1.08. The lowest BCUT2D eigenvalue weighted by Gasteiger charge is -2.41. The van der Waals surface area contributed by atoms with E-state index in [1.807, 2.05) is 4.90 Å². The molecule has 2 aromatic rings. The number of esters is 2. The van der Waals surface area contributed by atoms with Gasteiger partial charge in [-0.3, -0.25) is 9.59 Å². The van der Waals surface area contributed by atoms with Crippen molar-refractivity contribution >= 4 is 23.7 Å². The Morgan fingerprint density at radius 1 is 1.11 bits per heavy atom. The second-order valence-corrected chi connectivity index (χ2v) is 8.65. The number of amidine groups is 1. The highest BCUT2D eigenvalue weighted by atomic mass is 16.5. The van der Waals surface area contributed by atoms with Gasteiger partial charge in [-0.25, -0.2) is 9.79 Å². The summed E-state index contributed by atoms with van der Waals surface area (Å²) in [6.45, 7) is 6.95. The van der Waals surface area contributed by atoms with Crippen LogP contribution in [0, 0.1) is 11.1 Å². The molecule has 0 N–H and O–H groups in total. The Balaban J connectivity index is 1.72. The molecule has 11 nitrogen and oxygen atoms in total. The molecule has 2 aliphatic heterocycles. The first-order chi connectivity index (χ1) is 17.8. The lowest BCUT2D eigenvalue weighted by Crippen LogP contribution is -2.54. The molecule has 0 saturated carbocycles. The van der Waals surface area contributed by atoms with Gasteiger partial charge in [-0.15, -0.1) is 0 Å². The Bertz CT molecular complexity index is 1210. The van der Waals surface area contributed by atoms with E-state index in [-0.39, 0.29) is 30.5 Å². The number of allylic oxidation sites excluding steroid dienone is 1. The average Bonchev–Trinajstić information content (AvgIpc) is 3.43. The number of carbonyl (C=O) groups excluding carboxylic acids is 3. The van der Waals surface area contributed by atoms with Crippen molar-refractivity contribution < 1.29 is 33.0 Å². The lowest BCUT2D eigenvalue weighted by molar-refractivity contribution is -0.605. The minimum absolute atomic E-state index is 0.133. The van der Waals surface area contributed by atoms with Crippen LogP contribution in [0.5, 0.6) is 0 Å². The Labute approximate surface area is 214 Å². The van der Waals surface area contributed by atoms with Gasteiger partial charge in [0.15, 0.2) is 18.2 Å². The van der Waals surface area contributed by atoms with E-state index in [9.17, 15) is 19.6 Å². The monoisotopic (exact) mass is 510 g/mol. The first-order valence-electron chi connectivity index (χ1n) is 12.2. The minimum Gasteiger partial charge on any atom is -0.619 e. The number of nitrogens with zero attached hydrogens (tertiary/aromatic N) is 4. The lowest BCUT2D eigenvalue weighted by atomic mass is 9.77. The molecule has 2 aliphatic rings. The molecule has 1 amide bonds. The summed E-state index contributed by atoms with van der Waals surface area (Å²) in [6, 6.07) is 6.54. The average molecular weight is 511 g/mol. The van der Waals surface area contributed by atoms with E-state index in [1.165, 1.54) is 18.7 Å². The van der Waals surface area contributed by atoms with Crippen LogP contribution in [-0.4, -0.2) is 72.9 Å². The normalized spacial score (nSPS) is 19.9. The fourth-order valence-electron chi connectivity index (χ4n) is 4.78. The number of pyridine rings is 1. The van der Waals surface area contributed by atoms with Gasteiger partial charge in [-0.05, 0) is 39.0 Å². The molecule has 196 valence electrons. The number of hydrogen-bond acceptors (Lipinski definition) is 9. The van der Waals surface area contributed by atoms with Gasteiger partial charge in [0.2, 0.25) is 0 Å². The highest BCUT2D eigenvalue weighted by Crippen LogP contribution is 2.40. The van der Waals surface area contributed by atoms with Crippen molar-refractivity contribution in [2.24, 2.45) is 10.9 Å². The summed E-state index contributed by atoms with van der Waals surface area (Å²) in [7, 11) is 0. The Hall–Kier alpha value is -4.15. The van der Waals surface area contributed by atoms with E-state index < -0.39 is 23.8 Å². The van der Waals surface area contributed by atoms with Gasteiger partial charge in [0, 0.05) is 43.7 Å². The van der Waals surface area contributed by atoms with Crippen LogP contribution in [0.1, 0.15) is 42.8 Å². The molecule has 37 heavy (non-hydrogen) atoms. The molecular weight excluding hydrogens is 480 g/mol. The fraction of sp³-hybridized carbons (Fsp3) is 0.423. The van der Waals surface area contributed by atoms with Crippen molar-refractivity contribution in [2.45, 2.75) is 26.7 Å². The van der Waals surface area contributed by atoms with Crippen molar-refractivity contribution in [1.29, 1.82) is 0 Å². The van der Waals surface area contributed by atoms with Crippen LogP contribution in [0.3, 0.4) is 0 Å². The number of piperazine rings is 1. The van der Waals surface area contributed by atoms with Gasteiger partial charge in [0.1, 0.15) is 11.8 Å². The zero-order valence-electron chi connectivity index (χ0n) is 21.1. The van der Waals surface area contributed by atoms with Gasteiger partial charge < -0.3 is 28.9 Å². The fourth-order valence-corrected chi connectivity index (χ4v) is 4.78. The second-order valence-electron chi connectivity index (χ2n) is 8.65. The highest BCUT2D eigenvalue weighted by molar-refractivity contribution is 6.07. The number of ether oxygens (including phenoxy) is 2. The Morgan fingerprint density at radius 3 is 2.46 bits per heavy atom. The van der Waals surface area contributed by atoms with Crippen LogP contribution < -0.4 is 4.73 Å². The first-order valence-corrected chi connectivity index (χ1v) is 12.2. The molecule has 4 heterocycles. The maximum Gasteiger partial charge on any atom is 0.336 e. The molecule has 1 fully saturated rings. The number of carbonyl (C=O) groups is 3. The van der Waals surface area contributed by atoms with Crippen LogP contribution in [0.15, 0.2) is 63.6 Å². The standard InChI is InChI=1S/C26H30N4O7/c1-4-35-25(32)20-17(3)27-23(28-11-13-29(14-12-28)24(31)19-9-7-15-37-19)22(26(33)36-5-2)21(20)18-8-6-10-30(34)16-18/h6-10,15-16,21-22H,4-5,11-14H2,1-3H3. The van der Waals surface area contributed by atoms with Crippen LogP contribution >= 0.6 is 0 Å². The molecule has 2 unspecified atom stereocenters. The van der Waals surface area contributed by atoms with Crippen LogP contribution in [0.25, 0.3) is 0 Å². The summed E-state index contributed by atoms with van der Waals surface area (Å²) in [5.74, 6) is -2.50. The number of rotatable bonds is 6. The van der Waals surface area contributed by atoms with E-state index >= 15 is 0 Å². The van der Waals surface area contributed by atoms with Gasteiger partial charge in [0.25, 0.3) is 5.91 Å². The third-order valence-corrected chi connectivity index (χ3v) is 6.41. The summed E-state index contributed by atoms with van der Waals surface area (Å²) >= 11 is 0. The first kappa shape index (κ1) is 25.9. The van der Waals surface area contributed by atoms with E-state index in [1.54, 1.807) is 49.9 Å². The predicted molar refractivity (Wildman–Crippen MR) is 131 cm³/mol. The van der Waals surface area contributed by atoms with Crippen molar-refractivity contribution in [3.63, 3.8) is 0 Å². The van der Waals surface area contributed by atoms with Crippen molar-refractivity contribution in [3.05, 3.63) is 70.7 Å². The molecule has 0 aromatic carbocycles. The van der Waals surface area contributed by atoms with Crippen molar-refractivity contribution in [2.75, 3.05) is 39.4 Å². The van der Waals surface area contributed by atoms with Crippen LogP contribution in [0.4, 0.5) is 0 Å². The van der Waals surface area contributed by atoms with Gasteiger partial charge >= 0.3 is 11.9 Å². The van der Waals surface area contributed by atoms with Gasteiger partial charge in [0.05, 0.1) is 30.7 Å². The molecule has 1 saturated heterocycles. The minimum atomic E-state index is -0.988. The molecule has 4 rings (SSSR count). The van der Waals surface area contributed by atoms with E-state index in [0.29, 0.717) is 48.0 Å². The summed E-state index contributed by atoms with van der Waals surface area (Å²) in [4.78, 5) is 47.5. The zero-order chi connectivity index (χ0) is 26.5. The molecule has 2 atom stereocenters. The van der Waals surface area contributed by atoms with E-state index in [2.05, 4.69) is 0 Å². The molecule has 2 aromatic heterocycles. The van der Waals surface area contributed by atoms with Crippen LogP contribution in [-0.2, 0) is 19.1 Å². The summed E-state index contributed by atoms with van der Waals surface area (Å²) in [6.07, 6.45) is 4.12. The van der Waals surface area contributed by atoms with E-state index in [4.69, 9.17) is 18.9 Å². The Morgan fingerprint density at radius 2 is 1.84 bits per heavy atom. The Kier molecular flexibility index (Phi) is 7.90. The summed E-state index contributed by atoms with van der Waals surface area (Å²) in [5, 5.41) is 12.2. The molecule has 0 radical (unpaired) electrons. The van der Waals surface area contributed by atoms with Gasteiger partial charge in [-0.2, -0.15) is 4.73 Å². The second kappa shape index (κ2) is 11.3. The van der Waals surface area contributed by atoms with Crippen molar-refractivity contribution in [1.82, 2.24) is 9.80 Å². The largest absolute Gasteiger partial charge is 0.619 e. The highest BCUT2D eigenvalue weighted by Gasteiger charge is 2.46. The number of amides is 1. The number of aliphatic imine (C=N–C) groups is 1. The summed E-state index contributed by atoms with van der Waals surface area (Å²) < 4.78 is 16.6. The SMILES string of the molecule is CCOC(=O)C1=C(C)N=C(N2CCN(C(=O)c3ccco3)CC2)C(C(=O)OCC)C1c1ccc[n+]([O-])c1. The van der Waals surface area contributed by atoms with Crippen molar-refractivity contribution in [3.8, 4) is 0 Å². The maximum absolute atomic E-state index is 13.4. The molecule has 0 aliphatic carbocycles. The van der Waals surface area contributed by atoms with Crippen LogP contribution in [0.2, 0.25) is 0 Å². The number of furan rings is 1. The molecular formula is C26H30N4O7. The number of aromatic nitrogens is 1. The third-order valence-electron chi connectivity index (χ3n) is 6.41. The topological polar surface area (TPSA) is 129 Å². The van der Waals surface area contributed by atoms with Gasteiger partial charge in [-0.1, -0.05) is 0 Å². The van der Waals surface area contributed by atoms with E-state index in [0.717, 1.165) is 0 Å². The molecule has 11 heteroatoms. The maximum atomic E-state index is 13.4. The molecule has 0 bridgehead atoms. The predicted octanol–water partition coefficient (Wildman–Crippen LogP) is 1.88.